The molecule has 0 spiro atoms. The van der Waals surface area contributed by atoms with E-state index >= 15 is 0 Å². The van der Waals surface area contributed by atoms with Gasteiger partial charge in [0, 0.05) is 45.1 Å². The highest BCUT2D eigenvalue weighted by molar-refractivity contribution is 5.95. The van der Waals surface area contributed by atoms with Gasteiger partial charge in [-0.15, -0.1) is 5.10 Å². The first-order valence-corrected chi connectivity index (χ1v) is 10.5. The number of methoxy groups -OCH3 is 1. The van der Waals surface area contributed by atoms with Gasteiger partial charge < -0.3 is 19.3 Å². The van der Waals surface area contributed by atoms with Gasteiger partial charge in [-0.3, -0.25) is 4.79 Å². The lowest BCUT2D eigenvalue weighted by atomic mass is 9.95. The van der Waals surface area contributed by atoms with E-state index in [1.807, 2.05) is 4.90 Å². The number of pyridine rings is 1. The molecule has 4 heterocycles. The largest absolute Gasteiger partial charge is 0.383 e. The van der Waals surface area contributed by atoms with Crippen LogP contribution in [-0.4, -0.2) is 94.9 Å². The fraction of sp³-hybridized carbons (Fsp3) is 0.700. The zero-order chi connectivity index (χ0) is 20.1. The quantitative estimate of drug-likeness (QED) is 0.654. The van der Waals surface area contributed by atoms with Crippen LogP contribution in [0.5, 0.6) is 0 Å². The number of carbonyl (C=O) groups is 1. The van der Waals surface area contributed by atoms with Crippen molar-refractivity contribution in [1.82, 2.24) is 29.8 Å². The first-order chi connectivity index (χ1) is 14.2. The number of hydrogen-bond donors (Lipinski definition) is 0. The van der Waals surface area contributed by atoms with Crippen molar-refractivity contribution in [3.05, 3.63) is 23.9 Å². The molecule has 0 aliphatic carbocycles. The van der Waals surface area contributed by atoms with Crippen LogP contribution in [0.1, 0.15) is 36.0 Å². The first-order valence-electron chi connectivity index (χ1n) is 10.5. The summed E-state index contributed by atoms with van der Waals surface area (Å²) in [4.78, 5) is 17.8. The number of aromatic nitrogens is 4. The third kappa shape index (κ3) is 5.09. The summed E-state index contributed by atoms with van der Waals surface area (Å²) in [6.07, 6.45) is 6.17. The van der Waals surface area contributed by atoms with Crippen LogP contribution in [0.15, 0.2) is 18.3 Å². The van der Waals surface area contributed by atoms with Crippen molar-refractivity contribution < 1.29 is 14.3 Å². The maximum Gasteiger partial charge on any atom is 0.254 e. The lowest BCUT2D eigenvalue weighted by Crippen LogP contribution is -2.44. The molecular formula is C20H30N6O3. The van der Waals surface area contributed by atoms with E-state index in [2.05, 4.69) is 20.4 Å². The predicted molar refractivity (Wildman–Crippen MR) is 107 cm³/mol. The fourth-order valence-corrected chi connectivity index (χ4v) is 4.25. The summed E-state index contributed by atoms with van der Waals surface area (Å²) in [5.74, 6) is 0.547. The van der Waals surface area contributed by atoms with E-state index < -0.39 is 0 Å². The standard InChI is InChI=1S/C20H30N6O3/c1-28-12-10-24-7-4-16(5-8-24)14-25(15-18-3-2-11-29-18)20(27)17-6-9-26-19(13-17)21-22-23-26/h6,9,13,16,18H,2-5,7-8,10-12,14-15H2,1H3. The molecular weight excluding hydrogens is 372 g/mol. The van der Waals surface area contributed by atoms with E-state index in [4.69, 9.17) is 9.47 Å². The molecule has 2 fully saturated rings. The summed E-state index contributed by atoms with van der Waals surface area (Å²) in [6, 6.07) is 3.56. The Labute approximate surface area is 170 Å². The van der Waals surface area contributed by atoms with Gasteiger partial charge in [0.15, 0.2) is 5.65 Å². The van der Waals surface area contributed by atoms with Gasteiger partial charge in [-0.25, -0.2) is 4.52 Å². The molecule has 0 N–H and O–H groups in total. The normalized spacial score (nSPS) is 21.1. The Morgan fingerprint density at radius 1 is 1.31 bits per heavy atom. The van der Waals surface area contributed by atoms with Gasteiger partial charge in [-0.2, -0.15) is 0 Å². The number of nitrogens with zero attached hydrogens (tertiary/aromatic N) is 6. The van der Waals surface area contributed by atoms with Crippen LogP contribution < -0.4 is 0 Å². The molecule has 9 nitrogen and oxygen atoms in total. The van der Waals surface area contributed by atoms with Crippen molar-refractivity contribution >= 4 is 11.6 Å². The summed E-state index contributed by atoms with van der Waals surface area (Å²) in [5.41, 5.74) is 1.21. The predicted octanol–water partition coefficient (Wildman–Crippen LogP) is 1.10. The number of fused-ring (bicyclic) bond motifs is 1. The zero-order valence-electron chi connectivity index (χ0n) is 17.1. The Hall–Kier alpha value is -2.10. The smallest absolute Gasteiger partial charge is 0.254 e. The molecule has 2 saturated heterocycles. The van der Waals surface area contributed by atoms with Gasteiger partial charge in [0.1, 0.15) is 0 Å². The first kappa shape index (κ1) is 20.2. The van der Waals surface area contributed by atoms with E-state index in [0.29, 0.717) is 23.7 Å². The summed E-state index contributed by atoms with van der Waals surface area (Å²) in [5, 5.41) is 11.5. The van der Waals surface area contributed by atoms with Crippen LogP contribution >= 0.6 is 0 Å². The molecule has 2 aromatic rings. The minimum atomic E-state index is 0.0350. The number of ether oxygens (including phenoxy) is 2. The minimum Gasteiger partial charge on any atom is -0.383 e. The van der Waals surface area contributed by atoms with Crippen molar-refractivity contribution in [2.24, 2.45) is 5.92 Å². The van der Waals surface area contributed by atoms with E-state index in [1.165, 1.54) is 0 Å². The highest BCUT2D eigenvalue weighted by Gasteiger charge is 2.28. The summed E-state index contributed by atoms with van der Waals surface area (Å²) < 4.78 is 12.6. The average Bonchev–Trinajstić information content (AvgIpc) is 3.43. The molecule has 29 heavy (non-hydrogen) atoms. The molecule has 2 aliphatic rings. The molecule has 1 amide bonds. The monoisotopic (exact) mass is 402 g/mol. The van der Waals surface area contributed by atoms with Crippen molar-refractivity contribution in [2.45, 2.75) is 31.8 Å². The molecule has 0 radical (unpaired) electrons. The van der Waals surface area contributed by atoms with Crippen molar-refractivity contribution in [2.75, 3.05) is 53.0 Å². The van der Waals surface area contributed by atoms with Gasteiger partial charge in [-0.1, -0.05) is 0 Å². The second-order valence-corrected chi connectivity index (χ2v) is 8.02. The molecule has 0 aromatic carbocycles. The minimum absolute atomic E-state index is 0.0350. The number of tetrazole rings is 1. The van der Waals surface area contributed by atoms with Gasteiger partial charge in [0.2, 0.25) is 0 Å². The SMILES string of the molecule is COCCN1CCC(CN(CC2CCCO2)C(=O)c2ccn3nnnc3c2)CC1. The molecule has 158 valence electrons. The molecule has 9 heteroatoms. The summed E-state index contributed by atoms with van der Waals surface area (Å²) in [6.45, 7) is 6.09. The Morgan fingerprint density at radius 3 is 2.93 bits per heavy atom. The number of hydrogen-bond acceptors (Lipinski definition) is 7. The van der Waals surface area contributed by atoms with Gasteiger partial charge in [-0.05, 0) is 67.3 Å². The molecule has 1 atom stereocenters. The van der Waals surface area contributed by atoms with Gasteiger partial charge in [0.05, 0.1) is 12.7 Å². The lowest BCUT2D eigenvalue weighted by Gasteiger charge is -2.35. The maximum absolute atomic E-state index is 13.3. The topological polar surface area (TPSA) is 85.1 Å². The Kier molecular flexibility index (Phi) is 6.68. The lowest BCUT2D eigenvalue weighted by molar-refractivity contribution is 0.0437. The second-order valence-electron chi connectivity index (χ2n) is 8.02. The fourth-order valence-electron chi connectivity index (χ4n) is 4.25. The highest BCUT2D eigenvalue weighted by Crippen LogP contribution is 2.22. The van der Waals surface area contributed by atoms with Crippen LogP contribution in [0.25, 0.3) is 5.65 Å². The van der Waals surface area contributed by atoms with E-state index in [-0.39, 0.29) is 12.0 Å². The number of rotatable bonds is 8. The van der Waals surface area contributed by atoms with Crippen molar-refractivity contribution in [1.29, 1.82) is 0 Å². The zero-order valence-corrected chi connectivity index (χ0v) is 17.1. The Bertz CT molecular complexity index is 798. The number of likely N-dealkylation sites (tertiary alicyclic amines) is 1. The third-order valence-corrected chi connectivity index (χ3v) is 5.98. The van der Waals surface area contributed by atoms with Crippen LogP contribution in [0, 0.1) is 5.92 Å². The number of amides is 1. The Morgan fingerprint density at radius 2 is 2.17 bits per heavy atom. The van der Waals surface area contributed by atoms with E-state index in [1.54, 1.807) is 30.0 Å². The van der Waals surface area contributed by atoms with E-state index in [0.717, 1.165) is 65.1 Å². The number of carbonyl (C=O) groups excluding carboxylic acids is 1. The molecule has 0 saturated carbocycles. The number of piperidine rings is 1. The molecule has 1 unspecified atom stereocenters. The Balaban J connectivity index is 1.42. The van der Waals surface area contributed by atoms with Crippen molar-refractivity contribution in [3.63, 3.8) is 0 Å². The highest BCUT2D eigenvalue weighted by atomic mass is 16.5. The summed E-state index contributed by atoms with van der Waals surface area (Å²) >= 11 is 0. The van der Waals surface area contributed by atoms with Gasteiger partial charge in [0.25, 0.3) is 5.91 Å². The van der Waals surface area contributed by atoms with E-state index in [9.17, 15) is 4.79 Å². The molecule has 2 aromatic heterocycles. The van der Waals surface area contributed by atoms with Gasteiger partial charge >= 0.3 is 0 Å². The van der Waals surface area contributed by atoms with Crippen molar-refractivity contribution in [3.8, 4) is 0 Å². The van der Waals surface area contributed by atoms with Crippen LogP contribution in [-0.2, 0) is 9.47 Å². The molecule has 4 rings (SSSR count). The van der Waals surface area contributed by atoms with Crippen LogP contribution in [0.3, 0.4) is 0 Å². The second kappa shape index (κ2) is 9.60. The molecule has 2 aliphatic heterocycles. The third-order valence-electron chi connectivity index (χ3n) is 5.98. The average molecular weight is 402 g/mol. The van der Waals surface area contributed by atoms with Crippen LogP contribution in [0.2, 0.25) is 0 Å². The summed E-state index contributed by atoms with van der Waals surface area (Å²) in [7, 11) is 1.74. The maximum atomic E-state index is 13.3. The molecule has 0 bridgehead atoms. The van der Waals surface area contributed by atoms with Crippen LogP contribution in [0.4, 0.5) is 0 Å².